The molecule has 0 N–H and O–H groups in total. The summed E-state index contributed by atoms with van der Waals surface area (Å²) < 4.78 is 21.9. The maximum atomic E-state index is 12.4. The lowest BCUT2D eigenvalue weighted by Crippen LogP contribution is -2.47. The van der Waals surface area contributed by atoms with Crippen LogP contribution in [0.1, 0.15) is 19.4 Å². The molecule has 2 heterocycles. The molecule has 0 radical (unpaired) electrons. The molecule has 7 nitrogen and oxygen atoms in total. The van der Waals surface area contributed by atoms with Crippen LogP contribution in [0.4, 0.5) is 0 Å². The maximum absolute atomic E-state index is 12.4. The van der Waals surface area contributed by atoms with Crippen molar-refractivity contribution in [3.8, 4) is 17.2 Å². The van der Waals surface area contributed by atoms with Gasteiger partial charge in [-0.25, -0.2) is 0 Å². The van der Waals surface area contributed by atoms with E-state index in [9.17, 15) is 4.79 Å². The molecule has 0 aromatic heterocycles. The molecule has 2 aliphatic rings. The fourth-order valence-corrected chi connectivity index (χ4v) is 4.10. The van der Waals surface area contributed by atoms with Gasteiger partial charge in [0.1, 0.15) is 5.75 Å². The Bertz CT molecular complexity index is 783. The van der Waals surface area contributed by atoms with Crippen LogP contribution in [0.2, 0.25) is 0 Å². The zero-order valence-corrected chi connectivity index (χ0v) is 17.0. The number of thioether (sulfide) groups is 1. The van der Waals surface area contributed by atoms with Gasteiger partial charge in [-0.05, 0) is 37.8 Å². The number of morpholine rings is 1. The van der Waals surface area contributed by atoms with Gasteiger partial charge in [-0.3, -0.25) is 4.79 Å². The van der Waals surface area contributed by atoms with Gasteiger partial charge in [-0.2, -0.15) is 4.99 Å². The summed E-state index contributed by atoms with van der Waals surface area (Å²) in [6.45, 7) is 5.48. The summed E-state index contributed by atoms with van der Waals surface area (Å²) in [6.07, 6.45) is 1.98. The van der Waals surface area contributed by atoms with E-state index in [4.69, 9.17) is 18.9 Å². The fourth-order valence-electron chi connectivity index (χ4n) is 3.17. The van der Waals surface area contributed by atoms with Crippen molar-refractivity contribution >= 4 is 28.9 Å². The van der Waals surface area contributed by atoms with Gasteiger partial charge in [0.05, 0.1) is 38.4 Å². The van der Waals surface area contributed by atoms with E-state index in [1.54, 1.807) is 39.5 Å². The Morgan fingerprint density at radius 3 is 2.26 bits per heavy atom. The summed E-state index contributed by atoms with van der Waals surface area (Å²) in [5, 5.41) is 0.715. The molecule has 1 aromatic carbocycles. The molecule has 8 heteroatoms. The van der Waals surface area contributed by atoms with Crippen LogP contribution in [0.3, 0.4) is 0 Å². The minimum absolute atomic E-state index is 0.103. The second-order valence-corrected chi connectivity index (χ2v) is 7.43. The van der Waals surface area contributed by atoms with E-state index < -0.39 is 0 Å². The van der Waals surface area contributed by atoms with E-state index in [1.165, 1.54) is 11.8 Å². The third kappa shape index (κ3) is 4.22. The number of carbonyl (C=O) groups excluding carboxylic acids is 1. The molecular weight excluding hydrogens is 368 g/mol. The number of amidine groups is 1. The Balaban J connectivity index is 1.86. The normalized spacial score (nSPS) is 24.2. The first kappa shape index (κ1) is 19.6. The molecule has 0 bridgehead atoms. The Hall–Kier alpha value is -2.19. The number of hydrogen-bond acceptors (Lipinski definition) is 7. The zero-order valence-electron chi connectivity index (χ0n) is 16.1. The zero-order chi connectivity index (χ0) is 19.6. The summed E-state index contributed by atoms with van der Waals surface area (Å²) >= 11 is 1.37. The average molecular weight is 392 g/mol. The molecule has 2 atom stereocenters. The minimum atomic E-state index is -0.251. The van der Waals surface area contributed by atoms with Crippen LogP contribution in [-0.4, -0.2) is 62.6 Å². The summed E-state index contributed by atoms with van der Waals surface area (Å²) in [5.41, 5.74) is 0.728. The SMILES string of the molecule is COc1cc(OC)c(OC)cc1/C=C1\SC(N2CC(C)OC(C)C2)=NC1=O. The predicted molar refractivity (Wildman–Crippen MR) is 106 cm³/mol. The van der Waals surface area contributed by atoms with Gasteiger partial charge >= 0.3 is 0 Å². The molecule has 0 spiro atoms. The highest BCUT2D eigenvalue weighted by molar-refractivity contribution is 8.18. The minimum Gasteiger partial charge on any atom is -0.496 e. The number of ether oxygens (including phenoxy) is 4. The van der Waals surface area contributed by atoms with Gasteiger partial charge < -0.3 is 23.8 Å². The van der Waals surface area contributed by atoms with Crippen molar-refractivity contribution in [2.24, 2.45) is 4.99 Å². The number of aliphatic imine (C=N–C) groups is 1. The highest BCUT2D eigenvalue weighted by Gasteiger charge is 2.31. The quantitative estimate of drug-likeness (QED) is 0.730. The van der Waals surface area contributed by atoms with E-state index in [0.717, 1.165) is 18.7 Å². The molecule has 27 heavy (non-hydrogen) atoms. The molecule has 146 valence electrons. The second-order valence-electron chi connectivity index (χ2n) is 6.42. The lowest BCUT2D eigenvalue weighted by atomic mass is 10.1. The first-order valence-electron chi connectivity index (χ1n) is 8.68. The third-order valence-electron chi connectivity index (χ3n) is 4.32. The first-order valence-corrected chi connectivity index (χ1v) is 9.49. The number of nitrogens with zero attached hydrogens (tertiary/aromatic N) is 2. The lowest BCUT2D eigenvalue weighted by molar-refractivity contribution is -0.113. The molecule has 1 amide bonds. The standard InChI is InChI=1S/C19H24N2O5S/c1-11-9-21(10-12(2)26-11)19-20-18(22)17(27-19)7-13-6-15(24-4)16(25-5)8-14(13)23-3/h6-8,11-12H,9-10H2,1-5H3/b17-7-. The van der Waals surface area contributed by atoms with Gasteiger partial charge in [-0.15, -0.1) is 0 Å². The van der Waals surface area contributed by atoms with Gasteiger partial charge in [0.2, 0.25) is 0 Å². The predicted octanol–water partition coefficient (Wildman–Crippen LogP) is 2.79. The summed E-state index contributed by atoms with van der Waals surface area (Å²) in [7, 11) is 4.71. The molecule has 1 aromatic rings. The molecule has 0 aliphatic carbocycles. The number of benzene rings is 1. The van der Waals surface area contributed by atoms with Crippen molar-refractivity contribution in [1.82, 2.24) is 4.90 Å². The van der Waals surface area contributed by atoms with Gasteiger partial charge in [0.15, 0.2) is 16.7 Å². The monoisotopic (exact) mass is 392 g/mol. The van der Waals surface area contributed by atoms with Gasteiger partial charge in [0, 0.05) is 24.7 Å². The third-order valence-corrected chi connectivity index (χ3v) is 5.37. The van der Waals surface area contributed by atoms with Crippen LogP contribution >= 0.6 is 11.8 Å². The summed E-state index contributed by atoms with van der Waals surface area (Å²) in [5.74, 6) is 1.47. The number of rotatable bonds is 4. The molecule has 2 aliphatic heterocycles. The van der Waals surface area contributed by atoms with Crippen LogP contribution in [0, 0.1) is 0 Å². The molecule has 0 saturated carbocycles. The van der Waals surface area contributed by atoms with Crippen LogP contribution in [0.15, 0.2) is 22.0 Å². The smallest absolute Gasteiger partial charge is 0.286 e. The van der Waals surface area contributed by atoms with Crippen LogP contribution < -0.4 is 14.2 Å². The Labute approximate surface area is 163 Å². The molecular formula is C19H24N2O5S. The largest absolute Gasteiger partial charge is 0.496 e. The summed E-state index contributed by atoms with van der Waals surface area (Å²) in [6, 6.07) is 3.53. The van der Waals surface area contributed by atoms with E-state index in [1.807, 2.05) is 13.8 Å². The fraction of sp³-hybridized carbons (Fsp3) is 0.474. The van der Waals surface area contributed by atoms with E-state index in [0.29, 0.717) is 27.3 Å². The number of methoxy groups -OCH3 is 3. The topological polar surface area (TPSA) is 69.6 Å². The molecule has 1 fully saturated rings. The summed E-state index contributed by atoms with van der Waals surface area (Å²) in [4.78, 5) is 19.3. The van der Waals surface area contributed by atoms with Crippen molar-refractivity contribution in [2.75, 3.05) is 34.4 Å². The highest BCUT2D eigenvalue weighted by Crippen LogP contribution is 2.38. The van der Waals surface area contributed by atoms with E-state index in [2.05, 4.69) is 9.89 Å². The van der Waals surface area contributed by atoms with Crippen LogP contribution in [0.5, 0.6) is 17.2 Å². The molecule has 2 unspecified atom stereocenters. The average Bonchev–Trinajstić information content (AvgIpc) is 3.01. The van der Waals surface area contributed by atoms with Gasteiger partial charge in [-0.1, -0.05) is 0 Å². The highest BCUT2D eigenvalue weighted by atomic mass is 32.2. The van der Waals surface area contributed by atoms with Crippen molar-refractivity contribution in [1.29, 1.82) is 0 Å². The number of hydrogen-bond donors (Lipinski definition) is 0. The molecule has 3 rings (SSSR count). The van der Waals surface area contributed by atoms with Crippen molar-refractivity contribution in [2.45, 2.75) is 26.1 Å². The Morgan fingerprint density at radius 2 is 1.67 bits per heavy atom. The number of amides is 1. The maximum Gasteiger partial charge on any atom is 0.286 e. The Morgan fingerprint density at radius 1 is 1.07 bits per heavy atom. The van der Waals surface area contributed by atoms with Crippen molar-refractivity contribution in [3.05, 3.63) is 22.6 Å². The van der Waals surface area contributed by atoms with Crippen LogP contribution in [0.25, 0.3) is 6.08 Å². The van der Waals surface area contributed by atoms with Gasteiger partial charge in [0.25, 0.3) is 5.91 Å². The lowest BCUT2D eigenvalue weighted by Gasteiger charge is -2.35. The van der Waals surface area contributed by atoms with Crippen molar-refractivity contribution < 1.29 is 23.7 Å². The molecule has 1 saturated heterocycles. The second kappa shape index (κ2) is 8.22. The number of carbonyl (C=O) groups is 1. The van der Waals surface area contributed by atoms with Crippen LogP contribution in [-0.2, 0) is 9.53 Å². The Kier molecular flexibility index (Phi) is 5.96. The van der Waals surface area contributed by atoms with Crippen molar-refractivity contribution in [3.63, 3.8) is 0 Å². The van der Waals surface area contributed by atoms with E-state index >= 15 is 0 Å². The first-order chi connectivity index (χ1) is 12.9. The van der Waals surface area contributed by atoms with E-state index in [-0.39, 0.29) is 18.1 Å².